The molecule has 0 fully saturated rings. The van der Waals surface area contributed by atoms with Crippen molar-refractivity contribution < 1.29 is 14.3 Å². The number of methoxy groups -OCH3 is 1. The number of nitrogens with one attached hydrogen (secondary N) is 1. The predicted molar refractivity (Wildman–Crippen MR) is 109 cm³/mol. The standard InChI is InChI=1S/C21H22N2O3S/c1-13-5-10-18(14(2)11-13)26-12-19(24)22-21-23-20(15(3)27-21)16-6-8-17(25-4)9-7-16/h5-11H,12H2,1-4H3,(H,22,23,24). The van der Waals surface area contributed by atoms with Crippen LogP contribution in [0.1, 0.15) is 16.0 Å². The number of benzene rings is 2. The van der Waals surface area contributed by atoms with Crippen LogP contribution in [-0.4, -0.2) is 24.6 Å². The molecule has 0 aliphatic rings. The van der Waals surface area contributed by atoms with Crippen LogP contribution in [0, 0.1) is 20.8 Å². The number of aryl methyl sites for hydroxylation is 3. The van der Waals surface area contributed by atoms with Gasteiger partial charge in [0.2, 0.25) is 0 Å². The van der Waals surface area contributed by atoms with Crippen LogP contribution in [0.15, 0.2) is 42.5 Å². The largest absolute Gasteiger partial charge is 0.497 e. The van der Waals surface area contributed by atoms with Crippen molar-refractivity contribution in [3.8, 4) is 22.8 Å². The molecule has 1 amide bonds. The molecule has 27 heavy (non-hydrogen) atoms. The molecule has 0 bridgehead atoms. The third-order valence-electron chi connectivity index (χ3n) is 4.10. The van der Waals surface area contributed by atoms with Crippen molar-refractivity contribution in [3.63, 3.8) is 0 Å². The van der Waals surface area contributed by atoms with E-state index in [-0.39, 0.29) is 12.5 Å². The van der Waals surface area contributed by atoms with Crippen LogP contribution in [-0.2, 0) is 4.79 Å². The molecule has 1 aromatic heterocycles. The first-order valence-electron chi connectivity index (χ1n) is 8.58. The Hall–Kier alpha value is -2.86. The summed E-state index contributed by atoms with van der Waals surface area (Å²) in [6.07, 6.45) is 0. The highest BCUT2D eigenvalue weighted by Crippen LogP contribution is 2.31. The molecule has 140 valence electrons. The van der Waals surface area contributed by atoms with Gasteiger partial charge in [-0.25, -0.2) is 4.98 Å². The van der Waals surface area contributed by atoms with Gasteiger partial charge >= 0.3 is 0 Å². The smallest absolute Gasteiger partial charge is 0.264 e. The Kier molecular flexibility index (Phi) is 5.76. The fourth-order valence-corrected chi connectivity index (χ4v) is 3.58. The highest BCUT2D eigenvalue weighted by Gasteiger charge is 2.13. The topological polar surface area (TPSA) is 60.5 Å². The summed E-state index contributed by atoms with van der Waals surface area (Å²) >= 11 is 1.44. The number of amides is 1. The van der Waals surface area contributed by atoms with Crippen molar-refractivity contribution in [1.29, 1.82) is 0 Å². The second-order valence-corrected chi connectivity index (χ2v) is 7.46. The van der Waals surface area contributed by atoms with Gasteiger partial charge in [0, 0.05) is 10.4 Å². The van der Waals surface area contributed by atoms with E-state index in [0.29, 0.717) is 10.9 Å². The van der Waals surface area contributed by atoms with Crippen LogP contribution >= 0.6 is 11.3 Å². The van der Waals surface area contributed by atoms with E-state index in [9.17, 15) is 4.79 Å². The SMILES string of the molecule is COc1ccc(-c2nc(NC(=O)COc3ccc(C)cc3C)sc2C)cc1. The molecule has 0 aliphatic carbocycles. The molecule has 3 rings (SSSR count). The minimum absolute atomic E-state index is 0.0552. The molecule has 1 heterocycles. The monoisotopic (exact) mass is 382 g/mol. The molecule has 0 unspecified atom stereocenters. The molecule has 5 nitrogen and oxygen atoms in total. The minimum Gasteiger partial charge on any atom is -0.497 e. The number of carbonyl (C=O) groups is 1. The van der Waals surface area contributed by atoms with E-state index in [4.69, 9.17) is 9.47 Å². The van der Waals surface area contributed by atoms with Crippen LogP contribution in [0.3, 0.4) is 0 Å². The number of aromatic nitrogens is 1. The summed E-state index contributed by atoms with van der Waals surface area (Å²) in [4.78, 5) is 17.8. The summed E-state index contributed by atoms with van der Waals surface area (Å²) in [6, 6.07) is 13.6. The van der Waals surface area contributed by atoms with Gasteiger partial charge in [0.05, 0.1) is 12.8 Å². The lowest BCUT2D eigenvalue weighted by Crippen LogP contribution is -2.20. The van der Waals surface area contributed by atoms with Crippen molar-refractivity contribution in [2.45, 2.75) is 20.8 Å². The molecular formula is C21H22N2O3S. The molecule has 0 spiro atoms. The first-order valence-corrected chi connectivity index (χ1v) is 9.39. The molecule has 0 aliphatic heterocycles. The van der Waals surface area contributed by atoms with Gasteiger partial charge < -0.3 is 9.47 Å². The highest BCUT2D eigenvalue weighted by molar-refractivity contribution is 7.16. The maximum Gasteiger partial charge on any atom is 0.264 e. The second kappa shape index (κ2) is 8.22. The maximum atomic E-state index is 12.2. The van der Waals surface area contributed by atoms with E-state index in [0.717, 1.165) is 33.0 Å². The van der Waals surface area contributed by atoms with Crippen molar-refractivity contribution in [2.24, 2.45) is 0 Å². The van der Waals surface area contributed by atoms with Crippen LogP contribution in [0.25, 0.3) is 11.3 Å². The van der Waals surface area contributed by atoms with Gasteiger partial charge in [0.1, 0.15) is 11.5 Å². The number of ether oxygens (including phenoxy) is 2. The molecule has 0 radical (unpaired) electrons. The minimum atomic E-state index is -0.231. The number of hydrogen-bond donors (Lipinski definition) is 1. The quantitative estimate of drug-likeness (QED) is 0.668. The van der Waals surface area contributed by atoms with E-state index in [1.807, 2.05) is 63.2 Å². The fourth-order valence-electron chi connectivity index (χ4n) is 2.73. The Bertz CT molecular complexity index is 949. The summed E-state index contributed by atoms with van der Waals surface area (Å²) in [7, 11) is 1.64. The molecule has 0 saturated carbocycles. The van der Waals surface area contributed by atoms with Gasteiger partial charge in [0.15, 0.2) is 11.7 Å². The third kappa shape index (κ3) is 4.65. The van der Waals surface area contributed by atoms with E-state index >= 15 is 0 Å². The number of carbonyl (C=O) groups excluding carboxylic acids is 1. The zero-order valence-corrected chi connectivity index (χ0v) is 16.6. The number of anilines is 1. The van der Waals surface area contributed by atoms with Gasteiger partial charge in [-0.15, -0.1) is 11.3 Å². The lowest BCUT2D eigenvalue weighted by molar-refractivity contribution is -0.118. The van der Waals surface area contributed by atoms with Crippen molar-refractivity contribution in [1.82, 2.24) is 4.98 Å². The van der Waals surface area contributed by atoms with Crippen molar-refractivity contribution >= 4 is 22.4 Å². The summed E-state index contributed by atoms with van der Waals surface area (Å²) in [6.45, 7) is 5.92. The van der Waals surface area contributed by atoms with E-state index in [1.165, 1.54) is 11.3 Å². The number of rotatable bonds is 6. The van der Waals surface area contributed by atoms with E-state index < -0.39 is 0 Å². The number of nitrogens with zero attached hydrogens (tertiary/aromatic N) is 1. The van der Waals surface area contributed by atoms with Crippen molar-refractivity contribution in [2.75, 3.05) is 19.0 Å². The lowest BCUT2D eigenvalue weighted by Gasteiger charge is -2.09. The predicted octanol–water partition coefficient (Wildman–Crippen LogP) is 4.76. The molecule has 3 aromatic rings. The van der Waals surface area contributed by atoms with Crippen molar-refractivity contribution in [3.05, 3.63) is 58.5 Å². The maximum absolute atomic E-state index is 12.2. The van der Waals surface area contributed by atoms with E-state index in [2.05, 4.69) is 10.3 Å². The van der Waals surface area contributed by atoms with Gasteiger partial charge in [-0.05, 0) is 56.7 Å². The zero-order chi connectivity index (χ0) is 19.4. The summed E-state index contributed by atoms with van der Waals surface area (Å²) in [5.41, 5.74) is 4.01. The Morgan fingerprint density at radius 1 is 1.11 bits per heavy atom. The molecule has 0 atom stereocenters. The average molecular weight is 382 g/mol. The van der Waals surface area contributed by atoms with E-state index in [1.54, 1.807) is 7.11 Å². The first kappa shape index (κ1) is 18.9. The highest BCUT2D eigenvalue weighted by atomic mass is 32.1. The first-order chi connectivity index (χ1) is 13.0. The Balaban J connectivity index is 1.64. The molecule has 1 N–H and O–H groups in total. The Morgan fingerprint density at radius 3 is 2.52 bits per heavy atom. The summed E-state index contributed by atoms with van der Waals surface area (Å²) < 4.78 is 10.8. The molecule has 6 heteroatoms. The zero-order valence-electron chi connectivity index (χ0n) is 15.8. The Labute approximate surface area is 163 Å². The van der Waals surface area contributed by atoms with Gasteiger partial charge in [0.25, 0.3) is 5.91 Å². The number of hydrogen-bond acceptors (Lipinski definition) is 5. The van der Waals surface area contributed by atoms with Gasteiger partial charge in [-0.2, -0.15) is 0 Å². The number of thiazole rings is 1. The third-order valence-corrected chi connectivity index (χ3v) is 4.98. The van der Waals surface area contributed by atoms with Crippen LogP contribution in [0.4, 0.5) is 5.13 Å². The lowest BCUT2D eigenvalue weighted by atomic mass is 10.1. The Morgan fingerprint density at radius 2 is 1.85 bits per heavy atom. The normalized spacial score (nSPS) is 10.5. The molecule has 0 saturated heterocycles. The molecular weight excluding hydrogens is 360 g/mol. The summed E-state index contributed by atoms with van der Waals surface area (Å²) in [5, 5.41) is 3.38. The fraction of sp³-hybridized carbons (Fsp3) is 0.238. The second-order valence-electron chi connectivity index (χ2n) is 6.26. The van der Waals surface area contributed by atoms with Gasteiger partial charge in [-0.3, -0.25) is 10.1 Å². The van der Waals surface area contributed by atoms with Gasteiger partial charge in [-0.1, -0.05) is 17.7 Å². The summed E-state index contributed by atoms with van der Waals surface area (Å²) in [5.74, 6) is 1.28. The average Bonchev–Trinajstić information content (AvgIpc) is 3.01. The van der Waals surface area contributed by atoms with Crippen LogP contribution < -0.4 is 14.8 Å². The van der Waals surface area contributed by atoms with Crippen LogP contribution in [0.2, 0.25) is 0 Å². The molecule has 2 aromatic carbocycles. The van der Waals surface area contributed by atoms with Crippen LogP contribution in [0.5, 0.6) is 11.5 Å².